The van der Waals surface area contributed by atoms with Gasteiger partial charge < -0.3 is 5.11 Å². The highest BCUT2D eigenvalue weighted by molar-refractivity contribution is 5.95. The largest absolute Gasteiger partial charge is 0.465 e. The molecular formula is C9H10N2O3. The number of rotatable bonds is 3. The molecule has 1 heterocycles. The summed E-state index contributed by atoms with van der Waals surface area (Å²) in [5.74, 6) is 0.199. The number of nitrogens with zero attached hydrogens (tertiary/aromatic N) is 1. The number of hydrogen-bond donors (Lipinski definition) is 2. The molecule has 74 valence electrons. The summed E-state index contributed by atoms with van der Waals surface area (Å²) in [4.78, 5) is 25.2. The molecule has 0 fully saturated rings. The number of carbonyl (C=O) groups is 2. The van der Waals surface area contributed by atoms with Gasteiger partial charge in [-0.05, 0) is 12.1 Å². The van der Waals surface area contributed by atoms with E-state index in [4.69, 9.17) is 5.11 Å². The molecule has 0 atom stereocenters. The summed E-state index contributed by atoms with van der Waals surface area (Å²) >= 11 is 0. The van der Waals surface area contributed by atoms with E-state index in [0.29, 0.717) is 12.0 Å². The molecule has 14 heavy (non-hydrogen) atoms. The summed E-state index contributed by atoms with van der Waals surface area (Å²) in [6, 6.07) is 3.00. The number of aromatic nitrogens is 1. The fourth-order valence-electron chi connectivity index (χ4n) is 0.946. The zero-order valence-corrected chi connectivity index (χ0v) is 7.65. The van der Waals surface area contributed by atoms with Gasteiger partial charge in [-0.15, -0.1) is 0 Å². The summed E-state index contributed by atoms with van der Waals surface area (Å²) < 4.78 is 0. The zero-order valence-electron chi connectivity index (χ0n) is 7.65. The Hall–Kier alpha value is -1.91. The van der Waals surface area contributed by atoms with Crippen LogP contribution >= 0.6 is 0 Å². The highest BCUT2D eigenvalue weighted by Gasteiger charge is 2.04. The van der Waals surface area contributed by atoms with E-state index in [2.05, 4.69) is 10.3 Å². The smallest absolute Gasteiger partial charge is 0.410 e. The molecule has 0 aromatic carbocycles. The van der Waals surface area contributed by atoms with Crippen molar-refractivity contribution < 1.29 is 14.7 Å². The number of carboxylic acid groups (broad SMARTS) is 1. The van der Waals surface area contributed by atoms with Crippen molar-refractivity contribution in [3.63, 3.8) is 0 Å². The normalized spacial score (nSPS) is 9.50. The van der Waals surface area contributed by atoms with Crippen molar-refractivity contribution in [3.05, 3.63) is 23.9 Å². The number of pyridine rings is 1. The first kappa shape index (κ1) is 10.2. The number of anilines is 1. The third-order valence-corrected chi connectivity index (χ3v) is 1.64. The number of ketones is 1. The van der Waals surface area contributed by atoms with Crippen molar-refractivity contribution in [2.45, 2.75) is 13.3 Å². The van der Waals surface area contributed by atoms with Gasteiger partial charge in [0.15, 0.2) is 5.78 Å². The maximum atomic E-state index is 11.2. The number of amides is 1. The summed E-state index contributed by atoms with van der Waals surface area (Å²) in [6.45, 7) is 1.76. The number of Topliss-reactive ketones (excluding diaryl/α,β-unsaturated/α-hetero) is 1. The molecule has 0 unspecified atom stereocenters. The fourth-order valence-corrected chi connectivity index (χ4v) is 0.946. The average molecular weight is 194 g/mol. The van der Waals surface area contributed by atoms with Gasteiger partial charge in [0.2, 0.25) is 0 Å². The fraction of sp³-hybridized carbons (Fsp3) is 0.222. The van der Waals surface area contributed by atoms with Crippen LogP contribution in [0.3, 0.4) is 0 Å². The monoisotopic (exact) mass is 194 g/mol. The molecule has 0 aliphatic carbocycles. The zero-order chi connectivity index (χ0) is 10.6. The second-order valence-electron chi connectivity index (χ2n) is 2.64. The Morgan fingerprint density at radius 1 is 1.50 bits per heavy atom. The van der Waals surface area contributed by atoms with E-state index in [1.54, 1.807) is 13.0 Å². The molecule has 0 bridgehead atoms. The lowest BCUT2D eigenvalue weighted by Crippen LogP contribution is -2.09. The molecule has 0 aliphatic heterocycles. The van der Waals surface area contributed by atoms with Crippen LogP contribution in [0.25, 0.3) is 0 Å². The first-order valence-corrected chi connectivity index (χ1v) is 4.12. The maximum absolute atomic E-state index is 11.2. The Balaban J connectivity index is 2.78. The number of nitrogens with one attached hydrogen (secondary N) is 1. The summed E-state index contributed by atoms with van der Waals surface area (Å²) in [5, 5.41) is 10.5. The Kier molecular flexibility index (Phi) is 3.17. The third-order valence-electron chi connectivity index (χ3n) is 1.64. The van der Waals surface area contributed by atoms with Crippen molar-refractivity contribution in [2.75, 3.05) is 5.32 Å². The van der Waals surface area contributed by atoms with E-state index in [0.717, 1.165) is 0 Å². The second kappa shape index (κ2) is 4.36. The molecular weight excluding hydrogens is 184 g/mol. The molecule has 2 N–H and O–H groups in total. The first-order chi connectivity index (χ1) is 6.63. The van der Waals surface area contributed by atoms with E-state index in [1.807, 2.05) is 0 Å². The number of carbonyl (C=O) groups excluding carboxylic acids is 1. The van der Waals surface area contributed by atoms with Crippen LogP contribution in [-0.2, 0) is 0 Å². The standard InChI is InChI=1S/C9H10N2O3/c1-2-7(12)6-3-4-8(10-5-6)11-9(13)14/h3-5H,2H2,1H3,(H,10,11)(H,13,14). The quantitative estimate of drug-likeness (QED) is 0.718. The molecule has 5 nitrogen and oxygen atoms in total. The third kappa shape index (κ3) is 2.55. The second-order valence-corrected chi connectivity index (χ2v) is 2.64. The van der Waals surface area contributed by atoms with Crippen LogP contribution in [0.5, 0.6) is 0 Å². The highest BCUT2D eigenvalue weighted by atomic mass is 16.4. The van der Waals surface area contributed by atoms with Gasteiger partial charge in [0.25, 0.3) is 0 Å². The molecule has 0 radical (unpaired) electrons. The minimum absolute atomic E-state index is 0.0145. The van der Waals surface area contributed by atoms with Crippen LogP contribution in [0.4, 0.5) is 10.6 Å². The lowest BCUT2D eigenvalue weighted by atomic mass is 10.1. The van der Waals surface area contributed by atoms with Gasteiger partial charge in [0.05, 0.1) is 0 Å². The molecule has 1 aromatic heterocycles. The van der Waals surface area contributed by atoms with Crippen LogP contribution < -0.4 is 5.32 Å². The minimum Gasteiger partial charge on any atom is -0.465 e. The molecule has 1 rings (SSSR count). The van der Waals surface area contributed by atoms with E-state index in [9.17, 15) is 9.59 Å². The first-order valence-electron chi connectivity index (χ1n) is 4.12. The van der Waals surface area contributed by atoms with E-state index < -0.39 is 6.09 Å². The number of hydrogen-bond acceptors (Lipinski definition) is 3. The van der Waals surface area contributed by atoms with Gasteiger partial charge in [0, 0.05) is 18.2 Å². The molecule has 5 heteroatoms. The molecule has 0 aliphatic rings. The minimum atomic E-state index is -1.17. The van der Waals surface area contributed by atoms with Crippen molar-refractivity contribution in [1.82, 2.24) is 4.98 Å². The van der Waals surface area contributed by atoms with Crippen LogP contribution in [0, 0.1) is 0 Å². The molecule has 1 amide bonds. The lowest BCUT2D eigenvalue weighted by Gasteiger charge is -2.00. The topological polar surface area (TPSA) is 79.3 Å². The van der Waals surface area contributed by atoms with E-state index in [-0.39, 0.29) is 11.6 Å². The SMILES string of the molecule is CCC(=O)c1ccc(NC(=O)O)nc1. The maximum Gasteiger partial charge on any atom is 0.410 e. The van der Waals surface area contributed by atoms with Gasteiger partial charge in [-0.1, -0.05) is 6.92 Å². The average Bonchev–Trinajstić information content (AvgIpc) is 2.17. The summed E-state index contributed by atoms with van der Waals surface area (Å²) in [7, 11) is 0. The predicted octanol–water partition coefficient (Wildman–Crippen LogP) is 1.76. The molecule has 0 saturated carbocycles. The van der Waals surface area contributed by atoms with Crippen LogP contribution in [0.2, 0.25) is 0 Å². The van der Waals surface area contributed by atoms with Crippen LogP contribution in [0.1, 0.15) is 23.7 Å². The Morgan fingerprint density at radius 3 is 2.64 bits per heavy atom. The molecule has 0 spiro atoms. The summed E-state index contributed by atoms with van der Waals surface area (Å²) in [6.07, 6.45) is 0.594. The van der Waals surface area contributed by atoms with Crippen molar-refractivity contribution >= 4 is 17.7 Å². The van der Waals surface area contributed by atoms with Crippen LogP contribution in [-0.4, -0.2) is 22.0 Å². The van der Waals surface area contributed by atoms with E-state index >= 15 is 0 Å². The van der Waals surface area contributed by atoms with Gasteiger partial charge in [-0.2, -0.15) is 0 Å². The van der Waals surface area contributed by atoms with Gasteiger partial charge >= 0.3 is 6.09 Å². The predicted molar refractivity (Wildman–Crippen MR) is 50.5 cm³/mol. The highest BCUT2D eigenvalue weighted by Crippen LogP contribution is 2.06. The van der Waals surface area contributed by atoms with Crippen LogP contribution in [0.15, 0.2) is 18.3 Å². The van der Waals surface area contributed by atoms with Gasteiger partial charge in [0.1, 0.15) is 5.82 Å². The molecule has 1 aromatic rings. The Bertz CT molecular complexity index is 346. The van der Waals surface area contributed by atoms with Gasteiger partial charge in [-0.25, -0.2) is 9.78 Å². The Morgan fingerprint density at radius 2 is 2.21 bits per heavy atom. The van der Waals surface area contributed by atoms with Crippen molar-refractivity contribution in [1.29, 1.82) is 0 Å². The van der Waals surface area contributed by atoms with Crippen molar-refractivity contribution in [3.8, 4) is 0 Å². The van der Waals surface area contributed by atoms with Crippen molar-refractivity contribution in [2.24, 2.45) is 0 Å². The summed E-state index contributed by atoms with van der Waals surface area (Å²) in [5.41, 5.74) is 0.489. The lowest BCUT2D eigenvalue weighted by molar-refractivity contribution is 0.0988. The molecule has 0 saturated heterocycles. The Labute approximate surface area is 80.8 Å². The van der Waals surface area contributed by atoms with Gasteiger partial charge in [-0.3, -0.25) is 10.1 Å². The van der Waals surface area contributed by atoms with E-state index in [1.165, 1.54) is 12.3 Å².